The summed E-state index contributed by atoms with van der Waals surface area (Å²) in [6.45, 7) is 0. The fourth-order valence-corrected chi connectivity index (χ4v) is 8.55. The quantitative estimate of drug-likeness (QED) is 0.261. The van der Waals surface area contributed by atoms with Gasteiger partial charge in [0.15, 0.2) is 0 Å². The first-order valence-corrected chi connectivity index (χ1v) is 16.1. The average Bonchev–Trinajstić information content (AvgIpc) is 2.79. The molecule has 2 fully saturated rings. The molecule has 0 unspecified atom stereocenters. The fraction of sp³-hybridized carbons (Fsp3) is 0.500. The van der Waals surface area contributed by atoms with Crippen LogP contribution >= 0.6 is 0 Å². The Morgan fingerprint density at radius 2 is 1.34 bits per heavy atom. The maximum absolute atomic E-state index is 12.0. The van der Waals surface area contributed by atoms with Gasteiger partial charge in [-0.15, -0.1) is 0 Å². The van der Waals surface area contributed by atoms with Crippen molar-refractivity contribution in [3.05, 3.63) is 0 Å². The van der Waals surface area contributed by atoms with Gasteiger partial charge >= 0.3 is 182 Å². The molecular weight excluding hydrogens is 608 g/mol. The molecule has 3 atom stereocenters. The van der Waals surface area contributed by atoms with E-state index < -0.39 is 119 Å². The van der Waals surface area contributed by atoms with Crippen molar-refractivity contribution in [3.8, 4) is 0 Å². The number of hydrogen-bond acceptors (Lipinski definition) is 15. The summed E-state index contributed by atoms with van der Waals surface area (Å²) < 4.78 is 28.7. The number of carbonyl (C=O) groups excluding carboxylic acids is 6. The zero-order valence-electron chi connectivity index (χ0n) is 14.6. The zero-order valence-corrected chi connectivity index (χ0v) is 21.2. The van der Waals surface area contributed by atoms with Crippen molar-refractivity contribution in [2.75, 3.05) is 0 Å². The number of carbonyl (C=O) groups is 6. The molecule has 0 bridgehead atoms. The Balaban J connectivity index is 1.86. The molecule has 0 amide bonds. The molecule has 0 radical (unpaired) electrons. The van der Waals surface area contributed by atoms with E-state index in [1.54, 1.807) is 0 Å². The molecule has 15 nitrogen and oxygen atoms in total. The summed E-state index contributed by atoms with van der Waals surface area (Å²) in [6.07, 6.45) is -1.60. The molecule has 0 aromatic carbocycles. The van der Waals surface area contributed by atoms with Crippen LogP contribution in [0.1, 0.15) is 19.3 Å². The van der Waals surface area contributed by atoms with Crippen molar-refractivity contribution < 1.29 is 45.9 Å². The van der Waals surface area contributed by atoms with Crippen LogP contribution in [0.3, 0.4) is 0 Å². The second-order valence-corrected chi connectivity index (χ2v) is 13.1. The van der Waals surface area contributed by atoms with Gasteiger partial charge < -0.3 is 0 Å². The van der Waals surface area contributed by atoms with E-state index in [4.69, 9.17) is 34.3 Å². The minimum absolute atomic E-state index is 0.425. The van der Waals surface area contributed by atoms with E-state index in [2.05, 4.69) is 0 Å². The molecule has 2 heterocycles. The Kier molecular flexibility index (Phi) is 8.56. The molecule has 2 aliphatic rings. The van der Waals surface area contributed by atoms with Crippen molar-refractivity contribution in [1.29, 1.82) is 0 Å². The summed E-state index contributed by atoms with van der Waals surface area (Å²) >= 11 is -8.63. The first-order chi connectivity index (χ1) is 13.5. The monoisotopic (exact) mass is 623 g/mol. The van der Waals surface area contributed by atoms with E-state index in [1.807, 2.05) is 0 Å². The van der Waals surface area contributed by atoms with Crippen LogP contribution in [-0.4, -0.2) is 99.4 Å². The van der Waals surface area contributed by atoms with Crippen molar-refractivity contribution in [2.24, 2.45) is 17.2 Å². The Labute approximate surface area is 181 Å². The van der Waals surface area contributed by atoms with Crippen LogP contribution in [0.4, 0.5) is 0 Å². The average molecular weight is 623 g/mol. The predicted molar refractivity (Wildman–Crippen MR) is 85.8 cm³/mol. The molecule has 0 spiro atoms. The Morgan fingerprint density at radius 3 is 1.83 bits per heavy atom. The van der Waals surface area contributed by atoms with Crippen LogP contribution in [0.2, 0.25) is 0 Å². The molecule has 17 heteroatoms. The fourth-order valence-electron chi connectivity index (χ4n) is 1.95. The molecule has 0 aliphatic carbocycles. The zero-order chi connectivity index (χ0) is 21.7. The number of nitrogens with two attached hydrogens (primary N) is 3. The second-order valence-electron chi connectivity index (χ2n) is 5.79. The molecule has 156 valence electrons. The Bertz CT molecular complexity index is 733. The minimum atomic E-state index is -4.33. The molecule has 0 aromatic heterocycles. The van der Waals surface area contributed by atoms with Crippen LogP contribution in [-0.2, 0) is 45.9 Å². The van der Waals surface area contributed by atoms with E-state index in [-0.39, 0.29) is 0 Å². The van der Waals surface area contributed by atoms with Gasteiger partial charge in [0.2, 0.25) is 0 Å². The molecule has 2 rings (SSSR count). The number of rotatable bonds is 5. The van der Waals surface area contributed by atoms with Gasteiger partial charge in [-0.25, -0.2) is 0 Å². The topological polar surface area (TPSA) is 236 Å². The molecule has 0 saturated carbocycles. The van der Waals surface area contributed by atoms with Crippen LogP contribution in [0.5, 0.6) is 0 Å². The van der Waals surface area contributed by atoms with E-state index >= 15 is 0 Å². The second kappa shape index (κ2) is 10.5. The van der Waals surface area contributed by atoms with Crippen LogP contribution in [0, 0.1) is 0 Å². The summed E-state index contributed by atoms with van der Waals surface area (Å²) in [5, 5.41) is 0. The van der Waals surface area contributed by atoms with E-state index in [0.29, 0.717) is 0 Å². The molecular formula is C12H15In2N3O12. The van der Waals surface area contributed by atoms with Gasteiger partial charge in [0.25, 0.3) is 0 Å². The van der Waals surface area contributed by atoms with Crippen molar-refractivity contribution in [1.82, 2.24) is 0 Å². The van der Waals surface area contributed by atoms with Gasteiger partial charge in [0.1, 0.15) is 0 Å². The third-order valence-electron chi connectivity index (χ3n) is 3.39. The standard InChI is InChI=1S/3C4H7NO4.2In/c3*5-2(4(8)9)1-3(6)7;;/h3*2H,1,5H2,(H,6,7)(H,8,9);;/q;;;2*+3/p-6/t3*2-;;/m110../s1. The Morgan fingerprint density at radius 1 is 0.897 bits per heavy atom. The van der Waals surface area contributed by atoms with E-state index in [0.717, 1.165) is 0 Å². The maximum atomic E-state index is 12.0. The van der Waals surface area contributed by atoms with Gasteiger partial charge in [0.05, 0.1) is 0 Å². The molecule has 2 aliphatic heterocycles. The van der Waals surface area contributed by atoms with Crippen molar-refractivity contribution in [2.45, 2.75) is 37.4 Å². The van der Waals surface area contributed by atoms with Gasteiger partial charge in [-0.1, -0.05) is 0 Å². The molecule has 0 aromatic rings. The summed E-state index contributed by atoms with van der Waals surface area (Å²) in [7, 11) is 0. The first-order valence-electron chi connectivity index (χ1n) is 8.02. The SMILES string of the molecule is N[C@@H]1CC(=O)[O][In]([O]C(=O)C[C@H](N)C(=O)[O][In]2[O]C(=O)C[C@@H](N)C(=O)[O]2)[O]C1=O. The molecule has 6 N–H and O–H groups in total. The van der Waals surface area contributed by atoms with Crippen LogP contribution in [0.25, 0.3) is 0 Å². The van der Waals surface area contributed by atoms with E-state index in [9.17, 15) is 28.8 Å². The van der Waals surface area contributed by atoms with Gasteiger partial charge in [-0.3, -0.25) is 0 Å². The Hall–Kier alpha value is -1.56. The van der Waals surface area contributed by atoms with Crippen molar-refractivity contribution in [3.63, 3.8) is 0 Å². The van der Waals surface area contributed by atoms with Gasteiger partial charge in [-0.2, -0.15) is 0 Å². The van der Waals surface area contributed by atoms with Crippen LogP contribution in [0.15, 0.2) is 0 Å². The predicted octanol–water partition coefficient (Wildman–Crippen LogP) is -4.61. The normalized spacial score (nSPS) is 23.6. The third-order valence-corrected chi connectivity index (χ3v) is 10.9. The molecule has 29 heavy (non-hydrogen) atoms. The first kappa shape index (κ1) is 23.7. The third kappa shape index (κ3) is 7.32. The van der Waals surface area contributed by atoms with E-state index in [1.165, 1.54) is 0 Å². The number of hydrogen-bond donors (Lipinski definition) is 3. The summed E-state index contributed by atoms with van der Waals surface area (Å²) in [4.78, 5) is 69.7. The summed E-state index contributed by atoms with van der Waals surface area (Å²) in [6, 6.07) is -4.05. The van der Waals surface area contributed by atoms with Crippen LogP contribution < -0.4 is 17.2 Å². The summed E-state index contributed by atoms with van der Waals surface area (Å²) in [5.41, 5.74) is 16.3. The van der Waals surface area contributed by atoms with Crippen molar-refractivity contribution >= 4 is 81.3 Å². The van der Waals surface area contributed by atoms with Gasteiger partial charge in [0, 0.05) is 0 Å². The summed E-state index contributed by atoms with van der Waals surface area (Å²) in [5.74, 6) is -5.91. The van der Waals surface area contributed by atoms with Gasteiger partial charge in [-0.05, 0) is 0 Å². The molecule has 2 saturated heterocycles.